The van der Waals surface area contributed by atoms with E-state index in [9.17, 15) is 4.21 Å². The van der Waals surface area contributed by atoms with Crippen molar-refractivity contribution in [2.75, 3.05) is 6.26 Å². The van der Waals surface area contributed by atoms with Gasteiger partial charge in [0.1, 0.15) is 0 Å². The maximum atomic E-state index is 10.7. The zero-order valence-electron chi connectivity index (χ0n) is 5.24. The molecule has 0 aliphatic rings. The van der Waals surface area contributed by atoms with Gasteiger partial charge in [0.2, 0.25) is 5.16 Å². The van der Waals surface area contributed by atoms with Gasteiger partial charge in [0.15, 0.2) is 0 Å². The van der Waals surface area contributed by atoms with E-state index in [0.29, 0.717) is 10.2 Å². The Labute approximate surface area is 65.9 Å². The Hall–Kier alpha value is -0.480. The van der Waals surface area contributed by atoms with Crippen LogP contribution in [0.1, 0.15) is 0 Å². The zero-order valence-corrected chi connectivity index (χ0v) is 6.82. The third-order valence-corrected chi connectivity index (χ3v) is 1.77. The fourth-order valence-electron chi connectivity index (χ4n) is 0.449. The third kappa shape index (κ3) is 1.75. The second-order valence-corrected chi connectivity index (χ2v) is 3.35. The van der Waals surface area contributed by atoms with E-state index >= 15 is 0 Å². The third-order valence-electron chi connectivity index (χ3n) is 0.854. The van der Waals surface area contributed by atoms with Gasteiger partial charge >= 0.3 is 0 Å². The molecule has 0 aromatic carbocycles. The highest BCUT2D eigenvalue weighted by molar-refractivity contribution is 7.84. The molecule has 1 aromatic heterocycles. The lowest BCUT2D eigenvalue weighted by Crippen LogP contribution is -1.94. The Balaban J connectivity index is 3.00. The van der Waals surface area contributed by atoms with Crippen molar-refractivity contribution in [2.45, 2.75) is 5.16 Å². The topological polar surface area (TPSA) is 42.9 Å². The largest absolute Gasteiger partial charge is 0.251 e. The van der Waals surface area contributed by atoms with Crippen LogP contribution < -0.4 is 0 Å². The number of aromatic nitrogens is 2. The Bertz CT molecular complexity index is 248. The molecule has 0 N–H and O–H groups in total. The van der Waals surface area contributed by atoms with Gasteiger partial charge in [-0.1, -0.05) is 11.6 Å². The summed E-state index contributed by atoms with van der Waals surface area (Å²) in [4.78, 5) is 7.47. The molecule has 0 saturated heterocycles. The van der Waals surface area contributed by atoms with E-state index in [2.05, 4.69) is 9.97 Å². The molecule has 1 aromatic rings. The molecule has 0 unspecified atom stereocenters. The maximum absolute atomic E-state index is 10.7. The van der Waals surface area contributed by atoms with Gasteiger partial charge in [0.25, 0.3) is 0 Å². The minimum atomic E-state index is -1.12. The van der Waals surface area contributed by atoms with Crippen molar-refractivity contribution >= 4 is 22.4 Å². The van der Waals surface area contributed by atoms with Crippen molar-refractivity contribution in [3.05, 3.63) is 17.4 Å². The lowest BCUT2D eigenvalue weighted by Gasteiger charge is -1.91. The first kappa shape index (κ1) is 7.63. The molecule has 1 rings (SSSR count). The second kappa shape index (κ2) is 3.07. The highest BCUT2D eigenvalue weighted by Crippen LogP contribution is 2.03. The van der Waals surface area contributed by atoms with Crippen molar-refractivity contribution in [1.82, 2.24) is 9.97 Å². The standard InChI is InChI=1S/C5H5ClN2OS/c1-10(9)5-7-2-4(6)3-8-5/h2-3H,1H3/t10-/m1/s1. The average molecular weight is 177 g/mol. The minimum absolute atomic E-state index is 0.310. The quantitative estimate of drug-likeness (QED) is 0.597. The monoisotopic (exact) mass is 176 g/mol. The van der Waals surface area contributed by atoms with Crippen LogP contribution in [0.5, 0.6) is 0 Å². The van der Waals surface area contributed by atoms with Crippen molar-refractivity contribution in [3.8, 4) is 0 Å². The van der Waals surface area contributed by atoms with Gasteiger partial charge in [-0.3, -0.25) is 4.21 Å². The molecule has 3 nitrogen and oxygen atoms in total. The summed E-state index contributed by atoms with van der Waals surface area (Å²) >= 11 is 5.49. The van der Waals surface area contributed by atoms with Crippen LogP contribution in [0.15, 0.2) is 17.6 Å². The summed E-state index contributed by atoms with van der Waals surface area (Å²) in [5.74, 6) is 0. The van der Waals surface area contributed by atoms with Gasteiger partial charge in [-0.15, -0.1) is 0 Å². The van der Waals surface area contributed by atoms with E-state index in [1.165, 1.54) is 18.6 Å². The molecule has 5 heteroatoms. The lowest BCUT2D eigenvalue weighted by molar-refractivity contribution is 0.679. The highest BCUT2D eigenvalue weighted by Gasteiger charge is 1.98. The van der Waals surface area contributed by atoms with Crippen LogP contribution in [0.25, 0.3) is 0 Å². The Morgan fingerprint density at radius 3 is 2.40 bits per heavy atom. The molecule has 0 bridgehead atoms. The van der Waals surface area contributed by atoms with Crippen LogP contribution in [0.2, 0.25) is 5.02 Å². The molecule has 54 valence electrons. The maximum Gasteiger partial charge on any atom is 0.218 e. The molecule has 0 aliphatic carbocycles. The van der Waals surface area contributed by atoms with E-state index in [1.54, 1.807) is 0 Å². The van der Waals surface area contributed by atoms with Crippen LogP contribution in [0.4, 0.5) is 0 Å². The Morgan fingerprint density at radius 1 is 1.50 bits per heavy atom. The van der Waals surface area contributed by atoms with Gasteiger partial charge in [0, 0.05) is 6.26 Å². The molecular formula is C5H5ClN2OS. The Morgan fingerprint density at radius 2 is 2.00 bits per heavy atom. The average Bonchev–Trinajstić information content (AvgIpc) is 1.88. The predicted molar refractivity (Wildman–Crippen MR) is 39.4 cm³/mol. The SMILES string of the molecule is C[S@@](=O)c1ncc(Cl)cn1. The number of hydrogen-bond acceptors (Lipinski definition) is 3. The smallest absolute Gasteiger partial charge is 0.218 e. The normalized spacial score (nSPS) is 13.0. The summed E-state index contributed by atoms with van der Waals surface area (Å²) in [6.45, 7) is 0. The summed E-state index contributed by atoms with van der Waals surface area (Å²) < 4.78 is 10.7. The second-order valence-electron chi connectivity index (χ2n) is 1.64. The summed E-state index contributed by atoms with van der Waals surface area (Å²) in [5.41, 5.74) is 0. The first-order chi connectivity index (χ1) is 4.70. The fourth-order valence-corrected chi connectivity index (χ4v) is 0.949. The fraction of sp³-hybridized carbons (Fsp3) is 0.200. The number of hydrogen-bond donors (Lipinski definition) is 0. The van der Waals surface area contributed by atoms with Gasteiger partial charge < -0.3 is 0 Å². The number of halogens is 1. The molecule has 0 spiro atoms. The summed E-state index contributed by atoms with van der Waals surface area (Å²) in [6.07, 6.45) is 4.36. The Kier molecular flexibility index (Phi) is 2.34. The molecular weight excluding hydrogens is 172 g/mol. The van der Waals surface area contributed by atoms with Crippen LogP contribution >= 0.6 is 11.6 Å². The first-order valence-electron chi connectivity index (χ1n) is 2.51. The first-order valence-corrected chi connectivity index (χ1v) is 4.45. The zero-order chi connectivity index (χ0) is 7.56. The summed E-state index contributed by atoms with van der Waals surface area (Å²) in [5, 5.41) is 0.763. The molecule has 1 atom stereocenters. The van der Waals surface area contributed by atoms with Crippen LogP contribution in [0.3, 0.4) is 0 Å². The van der Waals surface area contributed by atoms with Crippen molar-refractivity contribution < 1.29 is 4.21 Å². The molecule has 0 fully saturated rings. The number of rotatable bonds is 1. The van der Waals surface area contributed by atoms with Crippen LogP contribution in [-0.4, -0.2) is 20.4 Å². The molecule has 0 amide bonds. The van der Waals surface area contributed by atoms with Crippen molar-refractivity contribution in [2.24, 2.45) is 0 Å². The summed E-state index contributed by atoms with van der Waals surface area (Å²) in [7, 11) is -1.12. The van der Waals surface area contributed by atoms with Gasteiger partial charge in [-0.25, -0.2) is 9.97 Å². The van der Waals surface area contributed by atoms with Crippen molar-refractivity contribution in [3.63, 3.8) is 0 Å². The molecule has 0 saturated carbocycles. The van der Waals surface area contributed by atoms with Crippen molar-refractivity contribution in [1.29, 1.82) is 0 Å². The molecule has 0 radical (unpaired) electrons. The summed E-state index contributed by atoms with van der Waals surface area (Å²) in [6, 6.07) is 0. The van der Waals surface area contributed by atoms with E-state index in [-0.39, 0.29) is 0 Å². The highest BCUT2D eigenvalue weighted by atomic mass is 35.5. The van der Waals surface area contributed by atoms with E-state index in [4.69, 9.17) is 11.6 Å². The van der Waals surface area contributed by atoms with Crippen LogP contribution in [0, 0.1) is 0 Å². The van der Waals surface area contributed by atoms with Gasteiger partial charge in [-0.2, -0.15) is 0 Å². The molecule has 1 heterocycles. The number of nitrogens with zero attached hydrogens (tertiary/aromatic N) is 2. The predicted octanol–water partition coefficient (Wildman–Crippen LogP) is 0.867. The van der Waals surface area contributed by atoms with Crippen LogP contribution in [-0.2, 0) is 10.8 Å². The molecule has 10 heavy (non-hydrogen) atoms. The van der Waals surface area contributed by atoms with E-state index in [0.717, 1.165) is 0 Å². The van der Waals surface area contributed by atoms with E-state index < -0.39 is 10.8 Å². The van der Waals surface area contributed by atoms with Gasteiger partial charge in [-0.05, 0) is 0 Å². The minimum Gasteiger partial charge on any atom is -0.251 e. The lowest BCUT2D eigenvalue weighted by atomic mass is 10.7. The van der Waals surface area contributed by atoms with Gasteiger partial charge in [0.05, 0.1) is 28.2 Å². The molecule has 0 aliphatic heterocycles. The van der Waals surface area contributed by atoms with E-state index in [1.807, 2.05) is 0 Å².